The number of carboxylic acids is 4. The van der Waals surface area contributed by atoms with Crippen LogP contribution in [0.2, 0.25) is 0 Å². The van der Waals surface area contributed by atoms with Gasteiger partial charge in [0.05, 0.1) is 11.9 Å². The Hall–Kier alpha value is -0.629. The summed E-state index contributed by atoms with van der Waals surface area (Å²) in [4.78, 5) is 39.5. The molecule has 0 amide bonds. The largest absolute Gasteiger partial charge is 2.00 e. The van der Waals surface area contributed by atoms with Crippen molar-refractivity contribution in [2.75, 3.05) is 0 Å². The molecular formula is C10H16BaN2O8. The van der Waals surface area contributed by atoms with E-state index in [0.717, 1.165) is 0 Å². The molecule has 0 aromatic heterocycles. The van der Waals surface area contributed by atoms with Gasteiger partial charge in [-0.2, -0.15) is 0 Å². The first kappa shape index (κ1) is 25.3. The Bertz CT molecular complexity index is 329. The van der Waals surface area contributed by atoms with Gasteiger partial charge in [0.15, 0.2) is 0 Å². The average Bonchev–Trinajstić information content (AvgIpc) is 2.33. The van der Waals surface area contributed by atoms with Gasteiger partial charge in [-0.25, -0.2) is 0 Å². The van der Waals surface area contributed by atoms with Crippen molar-refractivity contribution in [1.29, 1.82) is 0 Å². The van der Waals surface area contributed by atoms with E-state index in [4.69, 9.17) is 21.7 Å². The van der Waals surface area contributed by atoms with Gasteiger partial charge in [-0.05, 0) is 12.8 Å². The van der Waals surface area contributed by atoms with E-state index in [0.29, 0.717) is 0 Å². The van der Waals surface area contributed by atoms with Crippen molar-refractivity contribution < 1.29 is 39.6 Å². The molecule has 0 aromatic rings. The van der Waals surface area contributed by atoms with E-state index in [1.807, 2.05) is 0 Å². The van der Waals surface area contributed by atoms with Crippen LogP contribution in [0.4, 0.5) is 0 Å². The SMILES string of the molecule is N[C@@H](CCC(=O)O)C(=O)[O-].N[C@@H](CCC(=O)O)C(=O)[O-].[Ba+2]. The molecular weight excluding hydrogens is 413 g/mol. The topological polar surface area (TPSA) is 207 Å². The molecule has 10 nitrogen and oxygen atoms in total. The Morgan fingerprint density at radius 2 is 1.05 bits per heavy atom. The van der Waals surface area contributed by atoms with Gasteiger partial charge >= 0.3 is 60.8 Å². The molecule has 11 heteroatoms. The summed E-state index contributed by atoms with van der Waals surface area (Å²) < 4.78 is 0. The van der Waals surface area contributed by atoms with E-state index < -0.39 is 36.0 Å². The molecule has 0 bridgehead atoms. The fourth-order valence-electron chi connectivity index (χ4n) is 0.794. The number of carbonyl (C=O) groups excluding carboxylic acids is 2. The van der Waals surface area contributed by atoms with Crippen molar-refractivity contribution in [2.45, 2.75) is 37.8 Å². The number of rotatable bonds is 8. The van der Waals surface area contributed by atoms with Crippen molar-refractivity contribution in [2.24, 2.45) is 11.5 Å². The molecule has 0 radical (unpaired) electrons. The summed E-state index contributed by atoms with van der Waals surface area (Å²) in [6.45, 7) is 0. The molecule has 0 saturated carbocycles. The molecule has 21 heavy (non-hydrogen) atoms. The zero-order valence-electron chi connectivity index (χ0n) is 11.2. The van der Waals surface area contributed by atoms with Gasteiger partial charge in [0.25, 0.3) is 0 Å². The van der Waals surface area contributed by atoms with Crippen LogP contribution in [0.3, 0.4) is 0 Å². The summed E-state index contributed by atoms with van der Waals surface area (Å²) >= 11 is 0. The second-order valence-corrected chi connectivity index (χ2v) is 3.72. The van der Waals surface area contributed by atoms with Crippen molar-refractivity contribution in [3.8, 4) is 0 Å². The van der Waals surface area contributed by atoms with E-state index >= 15 is 0 Å². The summed E-state index contributed by atoms with van der Waals surface area (Å²) in [7, 11) is 0. The van der Waals surface area contributed by atoms with Gasteiger partial charge < -0.3 is 41.5 Å². The number of aliphatic carboxylic acids is 4. The van der Waals surface area contributed by atoms with Crippen LogP contribution in [0, 0.1) is 0 Å². The van der Waals surface area contributed by atoms with Crippen LogP contribution in [0.15, 0.2) is 0 Å². The van der Waals surface area contributed by atoms with Crippen molar-refractivity contribution >= 4 is 72.8 Å². The zero-order valence-corrected chi connectivity index (χ0v) is 15.6. The molecule has 116 valence electrons. The van der Waals surface area contributed by atoms with Gasteiger partial charge in [-0.1, -0.05) is 0 Å². The predicted octanol–water partition coefficient (Wildman–Crippen LogP) is -4.52. The summed E-state index contributed by atoms with van der Waals surface area (Å²) in [6, 6.07) is -2.34. The van der Waals surface area contributed by atoms with Gasteiger partial charge in [0.1, 0.15) is 0 Å². The van der Waals surface area contributed by atoms with E-state index in [1.165, 1.54) is 0 Å². The minimum Gasteiger partial charge on any atom is -0.548 e. The van der Waals surface area contributed by atoms with Crippen LogP contribution >= 0.6 is 0 Å². The predicted molar refractivity (Wildman–Crippen MR) is 65.5 cm³/mol. The number of nitrogens with two attached hydrogens (primary N) is 2. The Balaban J connectivity index is -0.000000295. The molecule has 0 aliphatic rings. The number of carboxylic acid groups (broad SMARTS) is 4. The Morgan fingerprint density at radius 1 is 0.810 bits per heavy atom. The van der Waals surface area contributed by atoms with Gasteiger partial charge in [-0.15, -0.1) is 0 Å². The molecule has 0 rings (SSSR count). The van der Waals surface area contributed by atoms with Gasteiger partial charge in [0, 0.05) is 24.9 Å². The molecule has 0 spiro atoms. The fraction of sp³-hybridized carbons (Fsp3) is 0.600. The first-order valence-electron chi connectivity index (χ1n) is 5.44. The third-order valence-electron chi connectivity index (χ3n) is 1.94. The van der Waals surface area contributed by atoms with Crippen LogP contribution in [0.5, 0.6) is 0 Å². The molecule has 0 aromatic carbocycles. The molecule has 0 unspecified atom stereocenters. The maximum Gasteiger partial charge on any atom is 2.00 e. The summed E-state index contributed by atoms with van der Waals surface area (Å²) in [5, 5.41) is 35.9. The summed E-state index contributed by atoms with van der Waals surface area (Å²) in [6.07, 6.45) is -0.653. The van der Waals surface area contributed by atoms with E-state index in [1.54, 1.807) is 0 Å². The van der Waals surface area contributed by atoms with E-state index in [-0.39, 0.29) is 74.6 Å². The van der Waals surface area contributed by atoms with Crippen LogP contribution in [0.25, 0.3) is 0 Å². The first-order chi connectivity index (χ1) is 9.07. The minimum absolute atomic E-state index is 0. The second kappa shape index (κ2) is 14.3. The molecule has 0 saturated heterocycles. The maximum atomic E-state index is 9.88. The Kier molecular flexibility index (Phi) is 17.3. The number of carbonyl (C=O) groups is 4. The molecule has 0 heterocycles. The summed E-state index contributed by atoms with van der Waals surface area (Å²) in [5.74, 6) is -4.95. The monoisotopic (exact) mass is 430 g/mol. The van der Waals surface area contributed by atoms with Crippen LogP contribution in [-0.2, 0) is 19.2 Å². The smallest absolute Gasteiger partial charge is 0.548 e. The van der Waals surface area contributed by atoms with E-state index in [2.05, 4.69) is 0 Å². The number of hydrogen-bond donors (Lipinski definition) is 4. The summed E-state index contributed by atoms with van der Waals surface area (Å²) in [5.41, 5.74) is 9.88. The van der Waals surface area contributed by atoms with Crippen LogP contribution in [-0.4, -0.2) is 95.1 Å². The molecule has 2 atom stereocenters. The third-order valence-corrected chi connectivity index (χ3v) is 1.94. The van der Waals surface area contributed by atoms with Gasteiger partial charge in [0.2, 0.25) is 0 Å². The normalized spacial score (nSPS) is 11.9. The molecule has 0 fully saturated rings. The fourth-order valence-corrected chi connectivity index (χ4v) is 0.794. The van der Waals surface area contributed by atoms with Crippen molar-refractivity contribution in [3.63, 3.8) is 0 Å². The second-order valence-electron chi connectivity index (χ2n) is 3.72. The van der Waals surface area contributed by atoms with Crippen LogP contribution < -0.4 is 21.7 Å². The average molecular weight is 430 g/mol. The van der Waals surface area contributed by atoms with Crippen molar-refractivity contribution in [1.82, 2.24) is 0 Å². The van der Waals surface area contributed by atoms with Crippen molar-refractivity contribution in [3.05, 3.63) is 0 Å². The standard InChI is InChI=1S/2C5H9NO4.Ba/c2*6-3(5(9)10)1-2-4(7)8;/h2*3H,1-2,6H2,(H,7,8)(H,9,10);/q;;+2/p-2/t2*3-;/m00./s1. The zero-order chi connectivity index (χ0) is 16.3. The van der Waals surface area contributed by atoms with Gasteiger partial charge in [-0.3, -0.25) is 9.59 Å². The minimum atomic E-state index is -1.42. The maximum absolute atomic E-state index is 9.88. The molecule has 6 N–H and O–H groups in total. The number of hydrogen-bond acceptors (Lipinski definition) is 8. The molecule has 0 aliphatic carbocycles. The van der Waals surface area contributed by atoms with Crippen LogP contribution in [0.1, 0.15) is 25.7 Å². The molecule has 0 aliphatic heterocycles. The Morgan fingerprint density at radius 3 is 1.19 bits per heavy atom. The Labute approximate surface area is 160 Å². The first-order valence-corrected chi connectivity index (χ1v) is 5.44. The quantitative estimate of drug-likeness (QED) is 0.272. The third kappa shape index (κ3) is 19.4. The van der Waals surface area contributed by atoms with E-state index in [9.17, 15) is 29.4 Å².